The number of aliphatic imine (C=N–C) groups is 1. The molecule has 8 N–H and O–H groups in total. The van der Waals surface area contributed by atoms with Crippen LogP contribution in [0.1, 0.15) is 35.1 Å². The minimum atomic E-state index is -0.287. The molecule has 9 nitrogen and oxygen atoms in total. The van der Waals surface area contributed by atoms with E-state index in [4.69, 9.17) is 28.8 Å². The predicted molar refractivity (Wildman–Crippen MR) is 159 cm³/mol. The van der Waals surface area contributed by atoms with Crippen molar-refractivity contribution in [1.29, 1.82) is 0 Å². The highest BCUT2D eigenvalue weighted by molar-refractivity contribution is 6.27. The first kappa shape index (κ1) is 28.3. The summed E-state index contributed by atoms with van der Waals surface area (Å²) in [4.78, 5) is 26.9. The third-order valence-electron chi connectivity index (χ3n) is 5.73. The number of hydrogen-bond acceptors (Lipinski definition) is 6. The lowest BCUT2D eigenvalue weighted by molar-refractivity contribution is 0.0932. The summed E-state index contributed by atoms with van der Waals surface area (Å²) in [6.07, 6.45) is 1.38. The summed E-state index contributed by atoms with van der Waals surface area (Å²) < 4.78 is 0. The van der Waals surface area contributed by atoms with E-state index in [1.807, 2.05) is 67.5 Å². The molecular formula is C28H35ClN8O. The van der Waals surface area contributed by atoms with Gasteiger partial charge in [-0.05, 0) is 73.5 Å². The van der Waals surface area contributed by atoms with Crippen molar-refractivity contribution in [2.45, 2.75) is 18.9 Å². The van der Waals surface area contributed by atoms with Crippen molar-refractivity contribution in [3.05, 3.63) is 84.2 Å². The monoisotopic (exact) mass is 534 g/mol. The molecule has 0 aliphatic heterocycles. The number of nitrogens with one attached hydrogen (secondary N) is 2. The molecule has 0 bridgehead atoms. The second-order valence-electron chi connectivity index (χ2n) is 8.92. The van der Waals surface area contributed by atoms with Crippen LogP contribution >= 0.6 is 11.6 Å². The van der Waals surface area contributed by atoms with Crippen molar-refractivity contribution < 1.29 is 4.79 Å². The van der Waals surface area contributed by atoms with E-state index in [1.165, 1.54) is 5.69 Å². The number of carbonyl (C=O) groups excluding carboxylic acids is 1. The van der Waals surface area contributed by atoms with Gasteiger partial charge < -0.3 is 32.4 Å². The first-order valence-electron chi connectivity index (χ1n) is 12.3. The molecule has 38 heavy (non-hydrogen) atoms. The molecule has 0 aliphatic carbocycles. The van der Waals surface area contributed by atoms with Crippen LogP contribution in [0, 0.1) is 0 Å². The molecule has 0 fully saturated rings. The van der Waals surface area contributed by atoms with E-state index in [-0.39, 0.29) is 17.8 Å². The maximum Gasteiger partial charge on any atom is 0.251 e. The molecule has 1 heterocycles. The molecule has 3 aromatic carbocycles. The number of halogens is 1. The molecule has 0 radical (unpaired) electrons. The van der Waals surface area contributed by atoms with Crippen LogP contribution in [0.4, 0.5) is 17.1 Å². The molecule has 1 unspecified atom stereocenters. The Morgan fingerprint density at radius 2 is 1.66 bits per heavy atom. The molecule has 10 heteroatoms. The standard InChI is InChI=1S/C20H23ClN6O.C8H12N2/c21-12-18(23)24-11-3-6-17(19-25-15-4-1-2-5-16(15)26-19)27-20(28)13-7-9-14(22)10-8-13;1-10(2)8-5-3-7(9)4-6-8/h1-2,4-5,7-10,17H,3,6,11-12,22H2,(H2,23,24)(H,25,26)(H,27,28);3-6H,9H2,1-2H3. The molecule has 4 rings (SSSR count). The first-order chi connectivity index (χ1) is 18.3. The molecule has 4 aromatic rings. The van der Waals surface area contributed by atoms with Crippen molar-refractivity contribution >= 4 is 51.4 Å². The Bertz CT molecular complexity index is 1300. The first-order valence-corrected chi connectivity index (χ1v) is 12.8. The maximum absolute atomic E-state index is 12.7. The van der Waals surface area contributed by atoms with Gasteiger partial charge in [0.2, 0.25) is 0 Å². The van der Waals surface area contributed by atoms with Crippen LogP contribution in [-0.2, 0) is 0 Å². The van der Waals surface area contributed by atoms with Gasteiger partial charge in [0.05, 0.1) is 23.0 Å². The largest absolute Gasteiger partial charge is 0.399 e. The number of imidazole rings is 1. The number of fused-ring (bicyclic) bond motifs is 1. The fraction of sp³-hybridized carbons (Fsp3) is 0.250. The summed E-state index contributed by atoms with van der Waals surface area (Å²) in [5.74, 6) is 1.14. The van der Waals surface area contributed by atoms with Crippen LogP contribution in [0.5, 0.6) is 0 Å². The zero-order valence-corrected chi connectivity index (χ0v) is 22.4. The van der Waals surface area contributed by atoms with Gasteiger partial charge in [0.15, 0.2) is 0 Å². The van der Waals surface area contributed by atoms with Crippen molar-refractivity contribution in [3.8, 4) is 0 Å². The number of nitrogens with zero attached hydrogens (tertiary/aromatic N) is 3. The van der Waals surface area contributed by atoms with E-state index in [9.17, 15) is 4.79 Å². The average Bonchev–Trinajstić information content (AvgIpc) is 3.35. The van der Waals surface area contributed by atoms with Gasteiger partial charge in [0, 0.05) is 43.3 Å². The zero-order valence-electron chi connectivity index (χ0n) is 21.7. The number of aromatic nitrogens is 2. The summed E-state index contributed by atoms with van der Waals surface area (Å²) in [5, 5.41) is 3.05. The van der Waals surface area contributed by atoms with Crippen LogP contribution in [-0.4, -0.2) is 48.2 Å². The number of benzene rings is 3. The van der Waals surface area contributed by atoms with Crippen LogP contribution in [0.2, 0.25) is 0 Å². The Morgan fingerprint density at radius 1 is 1.03 bits per heavy atom. The van der Waals surface area contributed by atoms with Gasteiger partial charge >= 0.3 is 0 Å². The Balaban J connectivity index is 0.000000336. The van der Waals surface area contributed by atoms with Gasteiger partial charge in [0.25, 0.3) is 5.91 Å². The average molecular weight is 535 g/mol. The number of alkyl halides is 1. The minimum absolute atomic E-state index is 0.186. The van der Waals surface area contributed by atoms with Gasteiger partial charge in [-0.3, -0.25) is 9.79 Å². The quantitative estimate of drug-likeness (QED) is 0.0708. The molecular weight excluding hydrogens is 500 g/mol. The second-order valence-corrected chi connectivity index (χ2v) is 9.19. The molecule has 200 valence electrons. The van der Waals surface area contributed by atoms with Gasteiger partial charge in [-0.1, -0.05) is 12.1 Å². The molecule has 1 atom stereocenters. The molecule has 0 saturated carbocycles. The van der Waals surface area contributed by atoms with Crippen molar-refractivity contribution in [2.24, 2.45) is 10.7 Å². The lowest BCUT2D eigenvalue weighted by Gasteiger charge is -2.16. The summed E-state index contributed by atoms with van der Waals surface area (Å²) in [5.41, 5.74) is 21.8. The number of nitrogens with two attached hydrogens (primary N) is 3. The fourth-order valence-electron chi connectivity index (χ4n) is 3.62. The molecule has 0 aliphatic rings. The Kier molecular flexibility index (Phi) is 10.4. The van der Waals surface area contributed by atoms with Crippen molar-refractivity contribution in [1.82, 2.24) is 15.3 Å². The number of nitrogen functional groups attached to an aromatic ring is 2. The number of carbonyl (C=O) groups is 1. The molecule has 1 aromatic heterocycles. The van der Waals surface area contributed by atoms with E-state index >= 15 is 0 Å². The normalized spacial score (nSPS) is 11.9. The topological polar surface area (TPSA) is 151 Å². The zero-order chi connectivity index (χ0) is 27.5. The van der Waals surface area contributed by atoms with Gasteiger partial charge in [-0.25, -0.2) is 4.98 Å². The SMILES string of the molecule is CN(C)c1ccc(N)cc1.NC(CCl)=NCCCC(NC(=O)c1ccc(N)cc1)c1nc2ccccc2[nH]1. The number of amidine groups is 1. The lowest BCUT2D eigenvalue weighted by Crippen LogP contribution is -2.29. The van der Waals surface area contributed by atoms with Gasteiger partial charge in [-0.15, -0.1) is 11.6 Å². The summed E-state index contributed by atoms with van der Waals surface area (Å²) in [6, 6.07) is 22.1. The Labute approximate surface area is 228 Å². The minimum Gasteiger partial charge on any atom is -0.399 e. The summed E-state index contributed by atoms with van der Waals surface area (Å²) in [7, 11) is 4.01. The number of aromatic amines is 1. The van der Waals surface area contributed by atoms with Crippen LogP contribution in [0.15, 0.2) is 77.8 Å². The predicted octanol–water partition coefficient (Wildman–Crippen LogP) is 4.33. The Hall–Kier alpha value is -4.24. The second kappa shape index (κ2) is 13.9. The summed E-state index contributed by atoms with van der Waals surface area (Å²) in [6.45, 7) is 0.535. The van der Waals surface area contributed by atoms with E-state index < -0.39 is 0 Å². The third kappa shape index (κ3) is 8.41. The van der Waals surface area contributed by atoms with Crippen LogP contribution in [0.3, 0.4) is 0 Å². The van der Waals surface area contributed by atoms with Crippen LogP contribution in [0.25, 0.3) is 11.0 Å². The molecule has 0 saturated heterocycles. The lowest BCUT2D eigenvalue weighted by atomic mass is 10.1. The maximum atomic E-state index is 12.7. The fourth-order valence-corrected chi connectivity index (χ4v) is 3.71. The van der Waals surface area contributed by atoms with E-state index in [1.54, 1.807) is 24.3 Å². The van der Waals surface area contributed by atoms with E-state index in [2.05, 4.69) is 20.3 Å². The van der Waals surface area contributed by atoms with E-state index in [0.29, 0.717) is 35.9 Å². The number of anilines is 3. The molecule has 1 amide bonds. The Morgan fingerprint density at radius 3 is 2.26 bits per heavy atom. The highest BCUT2D eigenvalue weighted by Crippen LogP contribution is 2.21. The highest BCUT2D eigenvalue weighted by Gasteiger charge is 2.19. The van der Waals surface area contributed by atoms with Crippen molar-refractivity contribution in [2.75, 3.05) is 42.9 Å². The van der Waals surface area contributed by atoms with Crippen molar-refractivity contribution in [3.63, 3.8) is 0 Å². The van der Waals surface area contributed by atoms with E-state index in [0.717, 1.165) is 23.1 Å². The third-order valence-corrected chi connectivity index (χ3v) is 6.00. The number of amides is 1. The van der Waals surface area contributed by atoms with Crippen LogP contribution < -0.4 is 27.4 Å². The summed E-state index contributed by atoms with van der Waals surface area (Å²) >= 11 is 5.65. The van der Waals surface area contributed by atoms with Gasteiger partial charge in [0.1, 0.15) is 11.7 Å². The van der Waals surface area contributed by atoms with Gasteiger partial charge in [-0.2, -0.15) is 0 Å². The number of para-hydroxylation sites is 2. The number of H-pyrrole nitrogens is 1. The smallest absolute Gasteiger partial charge is 0.251 e. The highest BCUT2D eigenvalue weighted by atomic mass is 35.5. The number of rotatable bonds is 9. The molecule has 0 spiro atoms. The number of hydrogen-bond donors (Lipinski definition) is 5.